The van der Waals surface area contributed by atoms with Crippen molar-refractivity contribution in [2.75, 3.05) is 0 Å². The van der Waals surface area contributed by atoms with Crippen LogP contribution in [0.2, 0.25) is 0 Å². The topological polar surface area (TPSA) is 57.5 Å². The van der Waals surface area contributed by atoms with E-state index >= 15 is 0 Å². The molecular weight excluding hydrogens is 248 g/mol. The zero-order valence-corrected chi connectivity index (χ0v) is 9.28. The fourth-order valence-corrected chi connectivity index (χ4v) is 1.43. The SMILES string of the molecule is CC(Br)C(=O)c1c(O)cccc1CO. The van der Waals surface area contributed by atoms with Crippen LogP contribution in [0.4, 0.5) is 0 Å². The summed E-state index contributed by atoms with van der Waals surface area (Å²) < 4.78 is 0. The lowest BCUT2D eigenvalue weighted by molar-refractivity contribution is 0.0990. The molecule has 1 aromatic rings. The van der Waals surface area contributed by atoms with E-state index in [2.05, 4.69) is 15.9 Å². The molecule has 3 nitrogen and oxygen atoms in total. The van der Waals surface area contributed by atoms with Crippen molar-refractivity contribution in [1.82, 2.24) is 0 Å². The third kappa shape index (κ3) is 2.13. The van der Waals surface area contributed by atoms with Gasteiger partial charge in [-0.1, -0.05) is 28.1 Å². The van der Waals surface area contributed by atoms with Crippen LogP contribution < -0.4 is 0 Å². The fraction of sp³-hybridized carbons (Fsp3) is 0.300. The van der Waals surface area contributed by atoms with Crippen LogP contribution in [0, 0.1) is 0 Å². The van der Waals surface area contributed by atoms with Gasteiger partial charge in [0.1, 0.15) is 5.75 Å². The van der Waals surface area contributed by atoms with Crippen molar-refractivity contribution in [2.45, 2.75) is 18.4 Å². The molecule has 0 radical (unpaired) electrons. The van der Waals surface area contributed by atoms with E-state index in [9.17, 15) is 9.90 Å². The van der Waals surface area contributed by atoms with Crippen molar-refractivity contribution < 1.29 is 15.0 Å². The molecular formula is C10H11BrO3. The summed E-state index contributed by atoms with van der Waals surface area (Å²) in [6.07, 6.45) is 0. The Hall–Kier alpha value is -0.870. The number of phenolic OH excluding ortho intramolecular Hbond substituents is 1. The number of benzene rings is 1. The van der Waals surface area contributed by atoms with Crippen LogP contribution in [0.3, 0.4) is 0 Å². The third-order valence-corrected chi connectivity index (χ3v) is 2.32. The molecule has 0 amide bonds. The molecule has 0 saturated carbocycles. The number of ketones is 1. The maximum Gasteiger partial charge on any atom is 0.180 e. The van der Waals surface area contributed by atoms with Crippen molar-refractivity contribution in [3.05, 3.63) is 29.3 Å². The Balaban J connectivity index is 3.23. The number of halogens is 1. The molecule has 2 N–H and O–H groups in total. The largest absolute Gasteiger partial charge is 0.507 e. The number of aliphatic hydroxyl groups is 1. The number of phenols is 1. The number of Topliss-reactive ketones (excluding diaryl/α,β-unsaturated/α-hetero) is 1. The Morgan fingerprint density at radius 3 is 2.71 bits per heavy atom. The summed E-state index contributed by atoms with van der Waals surface area (Å²) in [4.78, 5) is 11.3. The molecule has 1 unspecified atom stereocenters. The number of alkyl halides is 1. The summed E-state index contributed by atoms with van der Waals surface area (Å²) >= 11 is 3.13. The van der Waals surface area contributed by atoms with E-state index in [0.717, 1.165) is 0 Å². The van der Waals surface area contributed by atoms with Crippen LogP contribution in [0.1, 0.15) is 22.8 Å². The minimum atomic E-state index is -0.374. The van der Waals surface area contributed by atoms with Crippen molar-refractivity contribution in [3.8, 4) is 5.75 Å². The van der Waals surface area contributed by atoms with Crippen molar-refractivity contribution in [1.29, 1.82) is 0 Å². The predicted octanol–water partition coefficient (Wildman–Crippen LogP) is 1.85. The lowest BCUT2D eigenvalue weighted by Crippen LogP contribution is -2.13. The van der Waals surface area contributed by atoms with Gasteiger partial charge in [-0.3, -0.25) is 4.79 Å². The van der Waals surface area contributed by atoms with Gasteiger partial charge < -0.3 is 10.2 Å². The zero-order chi connectivity index (χ0) is 10.7. The lowest BCUT2D eigenvalue weighted by atomic mass is 10.0. The molecule has 0 spiro atoms. The molecule has 0 aliphatic rings. The van der Waals surface area contributed by atoms with Gasteiger partial charge in [0.05, 0.1) is 17.0 Å². The molecule has 0 heterocycles. The molecule has 0 fully saturated rings. The fourth-order valence-electron chi connectivity index (χ4n) is 1.20. The second-order valence-corrected chi connectivity index (χ2v) is 4.32. The van der Waals surface area contributed by atoms with Crippen LogP contribution in [0.25, 0.3) is 0 Å². The monoisotopic (exact) mass is 258 g/mol. The van der Waals surface area contributed by atoms with E-state index < -0.39 is 0 Å². The molecule has 76 valence electrons. The molecule has 14 heavy (non-hydrogen) atoms. The maximum atomic E-state index is 11.6. The number of rotatable bonds is 3. The number of carbonyl (C=O) groups is 1. The van der Waals surface area contributed by atoms with E-state index in [1.54, 1.807) is 19.1 Å². The smallest absolute Gasteiger partial charge is 0.180 e. The molecule has 1 rings (SSSR count). The Labute approximate surface area is 90.5 Å². The Bertz CT molecular complexity index is 347. The Morgan fingerprint density at radius 1 is 1.57 bits per heavy atom. The Kier molecular flexibility index (Phi) is 3.66. The zero-order valence-electron chi connectivity index (χ0n) is 7.70. The van der Waals surface area contributed by atoms with E-state index in [1.807, 2.05) is 0 Å². The van der Waals surface area contributed by atoms with E-state index in [-0.39, 0.29) is 28.5 Å². The summed E-state index contributed by atoms with van der Waals surface area (Å²) in [7, 11) is 0. The van der Waals surface area contributed by atoms with Crippen LogP contribution in [0.5, 0.6) is 5.75 Å². The maximum absolute atomic E-state index is 11.6. The number of hydrogen-bond acceptors (Lipinski definition) is 3. The summed E-state index contributed by atoms with van der Waals surface area (Å²) in [6, 6.07) is 4.64. The minimum Gasteiger partial charge on any atom is -0.507 e. The number of aromatic hydroxyl groups is 1. The number of carbonyl (C=O) groups excluding carboxylic acids is 1. The average molecular weight is 259 g/mol. The molecule has 0 aromatic heterocycles. The second-order valence-electron chi connectivity index (χ2n) is 2.95. The van der Waals surface area contributed by atoms with Gasteiger partial charge >= 0.3 is 0 Å². The van der Waals surface area contributed by atoms with Crippen LogP contribution >= 0.6 is 15.9 Å². The van der Waals surface area contributed by atoms with Crippen LogP contribution in [-0.4, -0.2) is 20.8 Å². The van der Waals surface area contributed by atoms with Crippen molar-refractivity contribution in [3.63, 3.8) is 0 Å². The summed E-state index contributed by atoms with van der Waals surface area (Å²) in [5.41, 5.74) is 0.640. The van der Waals surface area contributed by atoms with Gasteiger partial charge in [0.2, 0.25) is 0 Å². The predicted molar refractivity (Wildman–Crippen MR) is 56.7 cm³/mol. The normalized spacial score (nSPS) is 12.5. The summed E-state index contributed by atoms with van der Waals surface area (Å²) in [6.45, 7) is 1.42. The molecule has 1 atom stereocenters. The summed E-state index contributed by atoms with van der Waals surface area (Å²) in [5.74, 6) is -0.319. The number of aliphatic hydroxyl groups excluding tert-OH is 1. The number of hydrogen-bond donors (Lipinski definition) is 2. The standard InChI is InChI=1S/C10H11BrO3/c1-6(11)10(14)9-7(5-12)3-2-4-8(9)13/h2-4,6,12-13H,5H2,1H3. The van der Waals surface area contributed by atoms with E-state index in [0.29, 0.717) is 5.56 Å². The first-order valence-corrected chi connectivity index (χ1v) is 5.09. The second kappa shape index (κ2) is 4.57. The highest BCUT2D eigenvalue weighted by atomic mass is 79.9. The average Bonchev–Trinajstić information content (AvgIpc) is 2.16. The quantitative estimate of drug-likeness (QED) is 0.643. The van der Waals surface area contributed by atoms with Gasteiger partial charge in [0.25, 0.3) is 0 Å². The first-order chi connectivity index (χ1) is 6.57. The van der Waals surface area contributed by atoms with E-state index in [4.69, 9.17) is 5.11 Å². The van der Waals surface area contributed by atoms with E-state index in [1.165, 1.54) is 6.07 Å². The summed E-state index contributed by atoms with van der Waals surface area (Å²) in [5, 5.41) is 18.5. The highest BCUT2D eigenvalue weighted by Gasteiger charge is 2.19. The third-order valence-electron chi connectivity index (χ3n) is 1.91. The van der Waals surface area contributed by atoms with Gasteiger partial charge in [0, 0.05) is 0 Å². The lowest BCUT2D eigenvalue weighted by Gasteiger charge is -2.09. The molecule has 0 aliphatic heterocycles. The first-order valence-electron chi connectivity index (χ1n) is 4.18. The minimum absolute atomic E-state index is 0.0900. The van der Waals surface area contributed by atoms with Gasteiger partial charge in [-0.25, -0.2) is 0 Å². The van der Waals surface area contributed by atoms with Gasteiger partial charge in [-0.15, -0.1) is 0 Å². The van der Waals surface area contributed by atoms with Crippen molar-refractivity contribution >= 4 is 21.7 Å². The van der Waals surface area contributed by atoms with Crippen molar-refractivity contribution in [2.24, 2.45) is 0 Å². The molecule has 0 aliphatic carbocycles. The van der Waals surface area contributed by atoms with Gasteiger partial charge in [0.15, 0.2) is 5.78 Å². The van der Waals surface area contributed by atoms with Crippen LogP contribution in [0.15, 0.2) is 18.2 Å². The molecule has 1 aromatic carbocycles. The van der Waals surface area contributed by atoms with Gasteiger partial charge in [-0.2, -0.15) is 0 Å². The Morgan fingerprint density at radius 2 is 2.21 bits per heavy atom. The molecule has 0 bridgehead atoms. The van der Waals surface area contributed by atoms with Crippen LogP contribution in [-0.2, 0) is 6.61 Å². The molecule has 0 saturated heterocycles. The van der Waals surface area contributed by atoms with Gasteiger partial charge in [-0.05, 0) is 18.6 Å². The highest BCUT2D eigenvalue weighted by molar-refractivity contribution is 9.10. The molecule has 4 heteroatoms. The first kappa shape index (κ1) is 11.2. The highest BCUT2D eigenvalue weighted by Crippen LogP contribution is 2.24.